The summed E-state index contributed by atoms with van der Waals surface area (Å²) in [6.07, 6.45) is -1.24. The molecule has 5 atom stereocenters. The molecule has 0 radical (unpaired) electrons. The van der Waals surface area contributed by atoms with Crippen LogP contribution in [0, 0.1) is 0 Å². The van der Waals surface area contributed by atoms with Crippen molar-refractivity contribution in [2.45, 2.75) is 69.9 Å². The third-order valence-corrected chi connectivity index (χ3v) is 5.59. The summed E-state index contributed by atoms with van der Waals surface area (Å²) in [4.78, 5) is 14.5. The highest BCUT2D eigenvalue weighted by atomic mass is 16.7. The smallest absolute Gasteiger partial charge is 0.410 e. The summed E-state index contributed by atoms with van der Waals surface area (Å²) in [5, 5.41) is 23.6. The molecule has 0 aliphatic carbocycles. The van der Waals surface area contributed by atoms with Crippen LogP contribution in [0.15, 0.2) is 30.3 Å². The first kappa shape index (κ1) is 22.0. The second-order valence-corrected chi connectivity index (χ2v) is 8.06. The summed E-state index contributed by atoms with van der Waals surface area (Å²) in [5.74, 6) is -0.832. The first-order chi connectivity index (χ1) is 13.9. The van der Waals surface area contributed by atoms with Gasteiger partial charge >= 0.3 is 6.09 Å². The van der Waals surface area contributed by atoms with Crippen molar-refractivity contribution in [1.29, 1.82) is 0 Å². The monoisotopic (exact) mass is 408 g/mol. The van der Waals surface area contributed by atoms with Gasteiger partial charge in [-0.2, -0.15) is 0 Å². The summed E-state index contributed by atoms with van der Waals surface area (Å²) >= 11 is 0. The zero-order chi connectivity index (χ0) is 21.0. The van der Waals surface area contributed by atoms with Gasteiger partial charge in [0.15, 0.2) is 5.79 Å². The second kappa shape index (κ2) is 9.40. The molecule has 3 rings (SSSR count). The van der Waals surface area contributed by atoms with Gasteiger partial charge in [-0.05, 0) is 25.8 Å². The summed E-state index contributed by atoms with van der Waals surface area (Å²) in [6.45, 7) is 6.24. The average Bonchev–Trinajstić information content (AvgIpc) is 2.98. The van der Waals surface area contributed by atoms with Gasteiger partial charge in [0, 0.05) is 12.6 Å². The number of aliphatic hydroxyl groups is 2. The van der Waals surface area contributed by atoms with Gasteiger partial charge < -0.3 is 29.7 Å². The van der Waals surface area contributed by atoms with E-state index in [9.17, 15) is 15.0 Å². The molecule has 2 heterocycles. The molecule has 29 heavy (non-hydrogen) atoms. The molecule has 2 aliphatic rings. The number of hydrogen-bond acceptors (Lipinski definition) is 7. The maximum absolute atomic E-state index is 13.0. The Balaban J connectivity index is 1.74. The van der Waals surface area contributed by atoms with Crippen molar-refractivity contribution in [2.24, 2.45) is 0 Å². The number of nitrogens with zero attached hydrogens (tertiary/aromatic N) is 1. The molecule has 0 saturated carbocycles. The van der Waals surface area contributed by atoms with Crippen molar-refractivity contribution in [3.63, 3.8) is 0 Å². The van der Waals surface area contributed by atoms with E-state index in [1.165, 1.54) is 4.90 Å². The molecule has 1 aromatic rings. The number of likely N-dealkylation sites (tertiary alicyclic amines) is 1. The molecule has 2 aliphatic heterocycles. The topological polar surface area (TPSA) is 100 Å². The Kier molecular flexibility index (Phi) is 7.13. The first-order valence-electron chi connectivity index (χ1n) is 10.2. The number of benzene rings is 1. The van der Waals surface area contributed by atoms with Crippen LogP contribution in [0.5, 0.6) is 0 Å². The highest BCUT2D eigenvalue weighted by Gasteiger charge is 2.55. The Morgan fingerprint density at radius 1 is 1.38 bits per heavy atom. The van der Waals surface area contributed by atoms with Crippen molar-refractivity contribution in [3.05, 3.63) is 35.9 Å². The van der Waals surface area contributed by atoms with E-state index in [1.807, 2.05) is 37.3 Å². The minimum atomic E-state index is -0.892. The normalized spacial score (nSPS) is 29.3. The fourth-order valence-electron chi connectivity index (χ4n) is 3.90. The van der Waals surface area contributed by atoms with Gasteiger partial charge in [0.25, 0.3) is 0 Å². The quantitative estimate of drug-likeness (QED) is 0.624. The van der Waals surface area contributed by atoms with E-state index < -0.39 is 36.2 Å². The third-order valence-electron chi connectivity index (χ3n) is 5.59. The predicted molar refractivity (Wildman–Crippen MR) is 106 cm³/mol. The molecular weight excluding hydrogens is 376 g/mol. The van der Waals surface area contributed by atoms with Crippen LogP contribution >= 0.6 is 0 Å². The number of ether oxygens (including phenoxy) is 3. The van der Waals surface area contributed by atoms with E-state index >= 15 is 0 Å². The molecule has 8 heteroatoms. The van der Waals surface area contributed by atoms with Crippen LogP contribution in [-0.2, 0) is 20.8 Å². The van der Waals surface area contributed by atoms with Crippen molar-refractivity contribution >= 4 is 6.09 Å². The maximum atomic E-state index is 13.0. The number of nitrogens with one attached hydrogen (secondary N) is 1. The number of fused-ring (bicyclic) bond motifs is 1. The van der Waals surface area contributed by atoms with Gasteiger partial charge in [-0.15, -0.1) is 0 Å². The Morgan fingerprint density at radius 2 is 2.10 bits per heavy atom. The molecule has 3 N–H and O–H groups in total. The van der Waals surface area contributed by atoms with Crippen LogP contribution in [-0.4, -0.2) is 77.1 Å². The van der Waals surface area contributed by atoms with E-state index in [0.717, 1.165) is 12.0 Å². The van der Waals surface area contributed by atoms with Crippen molar-refractivity contribution in [3.8, 4) is 0 Å². The number of carbonyl (C=O) groups is 1. The molecule has 0 spiro atoms. The van der Waals surface area contributed by atoms with Gasteiger partial charge in [0.1, 0.15) is 18.8 Å². The van der Waals surface area contributed by atoms with E-state index in [-0.39, 0.29) is 25.9 Å². The minimum absolute atomic E-state index is 0.0166. The molecule has 0 aromatic heterocycles. The van der Waals surface area contributed by atoms with Crippen molar-refractivity contribution in [2.75, 3.05) is 19.8 Å². The zero-order valence-corrected chi connectivity index (χ0v) is 17.3. The van der Waals surface area contributed by atoms with Crippen LogP contribution in [0.4, 0.5) is 4.79 Å². The first-order valence-corrected chi connectivity index (χ1v) is 10.2. The summed E-state index contributed by atoms with van der Waals surface area (Å²) < 4.78 is 17.2. The predicted octanol–water partition coefficient (Wildman–Crippen LogP) is 1.25. The molecule has 1 unspecified atom stereocenters. The number of amides is 1. The average molecular weight is 408 g/mol. The largest absolute Gasteiger partial charge is 0.445 e. The molecule has 0 bridgehead atoms. The summed E-state index contributed by atoms with van der Waals surface area (Å²) in [6, 6.07) is 8.34. The van der Waals surface area contributed by atoms with Crippen LogP contribution in [0.25, 0.3) is 0 Å². The Morgan fingerprint density at radius 3 is 2.76 bits per heavy atom. The lowest BCUT2D eigenvalue weighted by Crippen LogP contribution is -2.54. The van der Waals surface area contributed by atoms with Crippen molar-refractivity contribution < 1.29 is 29.2 Å². The number of hydrogen-bond donors (Lipinski definition) is 3. The second-order valence-electron chi connectivity index (χ2n) is 8.06. The maximum Gasteiger partial charge on any atom is 0.410 e. The SMILES string of the molecule is CCC(CO)NC[C@@H]1[C@@H](O)[C@@H]2OC(C)(C)OC[C@@H]2N1C(=O)OCc1ccccc1. The molecule has 162 valence electrons. The van der Waals surface area contributed by atoms with E-state index in [4.69, 9.17) is 14.2 Å². The highest BCUT2D eigenvalue weighted by molar-refractivity contribution is 5.69. The van der Waals surface area contributed by atoms with E-state index in [2.05, 4.69) is 5.32 Å². The molecule has 1 amide bonds. The highest BCUT2D eigenvalue weighted by Crippen LogP contribution is 2.36. The molecule has 8 nitrogen and oxygen atoms in total. The number of aliphatic hydroxyl groups excluding tert-OH is 2. The molecular formula is C21H32N2O6. The minimum Gasteiger partial charge on any atom is -0.445 e. The fraction of sp³-hybridized carbons (Fsp3) is 0.667. The molecule has 2 fully saturated rings. The summed E-state index contributed by atoms with van der Waals surface area (Å²) in [5.41, 5.74) is 0.885. The van der Waals surface area contributed by atoms with E-state index in [1.54, 1.807) is 13.8 Å². The van der Waals surface area contributed by atoms with Gasteiger partial charge in [-0.3, -0.25) is 4.90 Å². The fourth-order valence-corrected chi connectivity index (χ4v) is 3.90. The van der Waals surface area contributed by atoms with Crippen LogP contribution in [0.2, 0.25) is 0 Å². The zero-order valence-electron chi connectivity index (χ0n) is 17.3. The van der Waals surface area contributed by atoms with Crippen LogP contribution in [0.1, 0.15) is 32.8 Å². The lowest BCUT2D eigenvalue weighted by molar-refractivity contribution is -0.291. The lowest BCUT2D eigenvalue weighted by Gasteiger charge is -2.40. The Hall–Kier alpha value is -1.71. The Labute approximate surface area is 171 Å². The standard InChI is InChI=1S/C21H32N2O6/c1-4-15(11-24)22-10-16-18(25)19-17(13-28-21(2,3)29-19)23(16)20(26)27-12-14-8-6-5-7-9-14/h5-9,15-19,22,24-25H,4,10-13H2,1-3H3/t15?,16-,17+,18-,19-/m1/s1. The van der Waals surface area contributed by atoms with Crippen LogP contribution in [0.3, 0.4) is 0 Å². The number of carbonyl (C=O) groups excluding carboxylic acids is 1. The van der Waals surface area contributed by atoms with Gasteiger partial charge in [0.05, 0.1) is 25.3 Å². The lowest BCUT2D eigenvalue weighted by atomic mass is 10.1. The van der Waals surface area contributed by atoms with Gasteiger partial charge in [-0.25, -0.2) is 4.79 Å². The third kappa shape index (κ3) is 5.07. The molecule has 2 saturated heterocycles. The summed E-state index contributed by atoms with van der Waals surface area (Å²) in [7, 11) is 0. The van der Waals surface area contributed by atoms with Crippen LogP contribution < -0.4 is 5.32 Å². The van der Waals surface area contributed by atoms with E-state index in [0.29, 0.717) is 6.54 Å². The van der Waals surface area contributed by atoms with Gasteiger partial charge in [-0.1, -0.05) is 37.3 Å². The Bertz CT molecular complexity index is 666. The molecule has 1 aromatic carbocycles. The van der Waals surface area contributed by atoms with Crippen molar-refractivity contribution in [1.82, 2.24) is 10.2 Å². The van der Waals surface area contributed by atoms with Gasteiger partial charge in [0.2, 0.25) is 0 Å². The number of rotatable bonds is 7.